The highest BCUT2D eigenvalue weighted by Crippen LogP contribution is 2.68. The third-order valence-corrected chi connectivity index (χ3v) is 6.18. The van der Waals surface area contributed by atoms with E-state index in [0.29, 0.717) is 12.0 Å². The number of nitrogens with one attached hydrogen (secondary N) is 1. The largest absolute Gasteiger partial charge is 0.380 e. The van der Waals surface area contributed by atoms with Gasteiger partial charge in [-0.3, -0.25) is 0 Å². The van der Waals surface area contributed by atoms with E-state index in [9.17, 15) is 5.26 Å². The molecule has 92 valence electrons. The number of hydrogen-bond donors (Lipinski definition) is 1. The van der Waals surface area contributed by atoms with Crippen molar-refractivity contribution >= 4 is 19.0 Å². The molecule has 0 bridgehead atoms. The number of nitriles is 1. The first kappa shape index (κ1) is 10.4. The fourth-order valence-corrected chi connectivity index (χ4v) is 5.20. The van der Waals surface area contributed by atoms with Gasteiger partial charge in [0.1, 0.15) is 13.9 Å². The lowest BCUT2D eigenvalue weighted by Crippen LogP contribution is -2.44. The molecule has 2 nitrogen and oxygen atoms in total. The van der Waals surface area contributed by atoms with E-state index in [4.69, 9.17) is 7.85 Å². The topological polar surface area (TPSA) is 35.8 Å². The third kappa shape index (κ3) is 1.10. The van der Waals surface area contributed by atoms with Crippen LogP contribution in [0, 0.1) is 35.0 Å². The predicted octanol–water partition coefficient (Wildman–Crippen LogP) is 1.91. The summed E-state index contributed by atoms with van der Waals surface area (Å²) in [6.45, 7) is 0. The van der Waals surface area contributed by atoms with Crippen molar-refractivity contribution in [2.24, 2.45) is 23.7 Å². The minimum atomic E-state index is 0.554. The quantitative estimate of drug-likeness (QED) is 0.710. The number of rotatable bonds is 0. The number of nitrogens with zero attached hydrogens (tertiary/aromatic N) is 1. The molecule has 3 saturated carbocycles. The van der Waals surface area contributed by atoms with E-state index >= 15 is 0 Å². The summed E-state index contributed by atoms with van der Waals surface area (Å²) in [4.78, 5) is 0. The van der Waals surface area contributed by atoms with Gasteiger partial charge in [0.25, 0.3) is 0 Å². The van der Waals surface area contributed by atoms with Gasteiger partial charge in [-0.05, 0) is 54.6 Å². The molecule has 0 spiro atoms. The Morgan fingerprint density at radius 2 is 2.00 bits per heavy atom. The Hall–Kier alpha value is -1.43. The van der Waals surface area contributed by atoms with E-state index in [1.54, 1.807) is 0 Å². The van der Waals surface area contributed by atoms with Crippen LogP contribution < -0.4 is 10.8 Å². The van der Waals surface area contributed by atoms with Gasteiger partial charge in [-0.2, -0.15) is 5.26 Å². The Kier molecular flexibility index (Phi) is 1.73. The van der Waals surface area contributed by atoms with Crippen molar-refractivity contribution in [1.29, 1.82) is 5.26 Å². The summed E-state index contributed by atoms with van der Waals surface area (Å²) in [7, 11) is 6.24. The maximum absolute atomic E-state index is 9.30. The van der Waals surface area contributed by atoms with Crippen LogP contribution in [-0.4, -0.2) is 13.9 Å². The summed E-state index contributed by atoms with van der Waals surface area (Å²) in [5.41, 5.74) is 3.98. The highest BCUT2D eigenvalue weighted by atomic mass is 15.0. The van der Waals surface area contributed by atoms with Crippen molar-refractivity contribution in [3.8, 4) is 6.07 Å². The highest BCUT2D eigenvalue weighted by molar-refractivity contribution is 6.34. The average molecular weight is 246 g/mol. The molecule has 0 aromatic heterocycles. The molecule has 1 heterocycles. The third-order valence-electron chi connectivity index (χ3n) is 6.18. The van der Waals surface area contributed by atoms with Gasteiger partial charge in [-0.25, -0.2) is 0 Å². The molecule has 3 aliphatic carbocycles. The fraction of sp³-hybridized carbons (Fsp3) is 0.562. The molecule has 19 heavy (non-hydrogen) atoms. The molecule has 5 rings (SSSR count). The maximum atomic E-state index is 9.30. The zero-order valence-corrected chi connectivity index (χ0v) is 10.8. The summed E-state index contributed by atoms with van der Waals surface area (Å²) in [5.74, 6) is 4.15. The first-order valence-corrected chi connectivity index (χ1v) is 7.38. The molecule has 0 amide bonds. The fourth-order valence-electron chi connectivity index (χ4n) is 5.20. The predicted molar refractivity (Wildman–Crippen MR) is 74.5 cm³/mol. The van der Waals surface area contributed by atoms with Gasteiger partial charge in [0.05, 0.1) is 11.3 Å². The minimum absolute atomic E-state index is 0.554. The van der Waals surface area contributed by atoms with Gasteiger partial charge < -0.3 is 5.32 Å². The van der Waals surface area contributed by atoms with Gasteiger partial charge >= 0.3 is 0 Å². The van der Waals surface area contributed by atoms with Crippen molar-refractivity contribution in [1.82, 2.24) is 0 Å². The first-order valence-electron chi connectivity index (χ1n) is 7.38. The summed E-state index contributed by atoms with van der Waals surface area (Å²) in [5, 5.41) is 13.0. The van der Waals surface area contributed by atoms with E-state index in [2.05, 4.69) is 11.4 Å². The molecule has 1 N–H and O–H groups in total. The molecule has 4 aliphatic rings. The average Bonchev–Trinajstić information content (AvgIpc) is 3.02. The van der Waals surface area contributed by atoms with Crippen LogP contribution in [0.15, 0.2) is 12.1 Å². The van der Waals surface area contributed by atoms with E-state index in [1.165, 1.54) is 24.8 Å². The lowest BCUT2D eigenvalue weighted by atomic mass is 9.57. The van der Waals surface area contributed by atoms with Gasteiger partial charge in [0, 0.05) is 12.0 Å². The normalized spacial score (nSPS) is 43.7. The SMILES string of the molecule is [B]c1ccc(C#N)c2c1C1C3CC[C@@H]3C3C[C@H]3C1N2. The number of fused-ring (bicyclic) bond motifs is 8. The van der Waals surface area contributed by atoms with E-state index in [-0.39, 0.29) is 0 Å². The number of benzene rings is 1. The molecule has 1 aromatic rings. The maximum Gasteiger partial charge on any atom is 0.114 e. The van der Waals surface area contributed by atoms with Gasteiger partial charge in [0.15, 0.2) is 0 Å². The van der Waals surface area contributed by atoms with Crippen LogP contribution in [0.5, 0.6) is 0 Å². The van der Waals surface area contributed by atoms with Crippen molar-refractivity contribution in [3.63, 3.8) is 0 Å². The second kappa shape index (κ2) is 3.18. The minimum Gasteiger partial charge on any atom is -0.380 e. The zero-order chi connectivity index (χ0) is 12.7. The molecule has 6 atom stereocenters. The van der Waals surface area contributed by atoms with Crippen LogP contribution >= 0.6 is 0 Å². The standard InChI is InChI=1S/C16H15BN2/c17-12-4-1-7(6-18)15-14(12)13-9-3-2-8(9)10-5-11(10)16(13)19-15/h1,4,8-11,13,16,19H,2-3,5H2/t8-,9?,10?,11+,13?,16?/m0/s1. The van der Waals surface area contributed by atoms with Gasteiger partial charge in [0.2, 0.25) is 0 Å². The van der Waals surface area contributed by atoms with Crippen LogP contribution in [0.1, 0.15) is 36.3 Å². The van der Waals surface area contributed by atoms with Crippen molar-refractivity contribution in [3.05, 3.63) is 23.3 Å². The molecular formula is C16H15BN2. The van der Waals surface area contributed by atoms with Crippen molar-refractivity contribution in [2.75, 3.05) is 5.32 Å². The van der Waals surface area contributed by atoms with Crippen LogP contribution in [-0.2, 0) is 0 Å². The second-order valence-electron chi connectivity index (χ2n) is 6.77. The van der Waals surface area contributed by atoms with Gasteiger partial charge in [-0.15, -0.1) is 0 Å². The zero-order valence-electron chi connectivity index (χ0n) is 10.8. The lowest BCUT2D eigenvalue weighted by Gasteiger charge is -2.47. The van der Waals surface area contributed by atoms with E-state index in [1.807, 2.05) is 12.1 Å². The Labute approximate surface area is 114 Å². The Balaban J connectivity index is 1.70. The van der Waals surface area contributed by atoms with Crippen molar-refractivity contribution in [2.45, 2.75) is 31.2 Å². The van der Waals surface area contributed by atoms with Crippen LogP contribution in [0.3, 0.4) is 0 Å². The Bertz CT molecular complexity index is 632. The monoisotopic (exact) mass is 246 g/mol. The van der Waals surface area contributed by atoms with E-state index in [0.717, 1.165) is 40.4 Å². The highest BCUT2D eigenvalue weighted by Gasteiger charge is 2.63. The van der Waals surface area contributed by atoms with Crippen LogP contribution in [0.25, 0.3) is 0 Å². The van der Waals surface area contributed by atoms with Crippen LogP contribution in [0.2, 0.25) is 0 Å². The smallest absolute Gasteiger partial charge is 0.114 e. The molecule has 1 aliphatic heterocycles. The molecule has 1 aromatic carbocycles. The summed E-state index contributed by atoms with van der Waals surface area (Å²) in [6, 6.07) is 6.66. The molecule has 4 unspecified atom stereocenters. The summed E-state index contributed by atoms with van der Waals surface area (Å²) < 4.78 is 0. The first-order chi connectivity index (χ1) is 9.29. The molecular weight excluding hydrogens is 231 g/mol. The number of anilines is 1. The molecule has 3 heteroatoms. The second-order valence-corrected chi connectivity index (χ2v) is 6.77. The van der Waals surface area contributed by atoms with Crippen LogP contribution in [0.4, 0.5) is 5.69 Å². The number of hydrogen-bond acceptors (Lipinski definition) is 2. The van der Waals surface area contributed by atoms with Crippen molar-refractivity contribution < 1.29 is 0 Å². The summed E-state index contributed by atoms with van der Waals surface area (Å²) >= 11 is 0. The molecule has 2 radical (unpaired) electrons. The summed E-state index contributed by atoms with van der Waals surface area (Å²) in [6.07, 6.45) is 4.17. The van der Waals surface area contributed by atoms with Gasteiger partial charge in [-0.1, -0.05) is 11.5 Å². The Morgan fingerprint density at radius 3 is 2.74 bits per heavy atom. The molecule has 0 saturated heterocycles. The van der Waals surface area contributed by atoms with E-state index < -0.39 is 0 Å². The Morgan fingerprint density at radius 1 is 1.16 bits per heavy atom. The molecule has 3 fully saturated rings. The lowest BCUT2D eigenvalue weighted by molar-refractivity contribution is 0.0747.